The Kier molecular flexibility index (Phi) is 1.73. The van der Waals surface area contributed by atoms with Gasteiger partial charge in [0.1, 0.15) is 0 Å². The van der Waals surface area contributed by atoms with Gasteiger partial charge in [0.25, 0.3) is 0 Å². The first-order valence-electron chi connectivity index (χ1n) is 4.78. The van der Waals surface area contributed by atoms with Crippen molar-refractivity contribution in [2.24, 2.45) is 9.98 Å². The molecule has 0 aliphatic carbocycles. The van der Waals surface area contributed by atoms with Crippen LogP contribution in [0.2, 0.25) is 0 Å². The highest BCUT2D eigenvalue weighted by Gasteiger charge is 2.17. The Hall–Kier alpha value is -2.30. The second-order valence-corrected chi connectivity index (χ2v) is 3.57. The van der Waals surface area contributed by atoms with Crippen molar-refractivity contribution in [2.45, 2.75) is 6.42 Å². The summed E-state index contributed by atoms with van der Waals surface area (Å²) in [6, 6.07) is 0. The highest BCUT2D eigenvalue weighted by molar-refractivity contribution is 5.87. The van der Waals surface area contributed by atoms with Gasteiger partial charge in [-0.05, 0) is 11.6 Å². The normalized spacial score (nSPS) is 15.6. The minimum Gasteiger partial charge on any atom is -0.478 e. The van der Waals surface area contributed by atoms with Crippen LogP contribution in [0.4, 0.5) is 0 Å². The zero-order valence-electron chi connectivity index (χ0n) is 8.21. The maximum atomic E-state index is 10.9. The van der Waals surface area contributed by atoms with Crippen LogP contribution in [0.3, 0.4) is 0 Å². The topological polar surface area (TPSA) is 74.9 Å². The summed E-state index contributed by atoms with van der Waals surface area (Å²) in [4.78, 5) is 23.2. The summed E-state index contributed by atoms with van der Waals surface area (Å²) in [6.07, 6.45) is 6.88. The number of fused-ring (bicyclic) bond motifs is 3. The van der Waals surface area contributed by atoms with Crippen molar-refractivity contribution >= 4 is 12.0 Å². The van der Waals surface area contributed by atoms with Gasteiger partial charge in [-0.2, -0.15) is 0 Å². The number of nitrogens with zero attached hydrogens (tertiary/aromatic N) is 3. The largest absolute Gasteiger partial charge is 0.478 e. The van der Waals surface area contributed by atoms with E-state index < -0.39 is 5.97 Å². The van der Waals surface area contributed by atoms with Crippen molar-refractivity contribution in [1.29, 1.82) is 0 Å². The van der Waals surface area contributed by atoms with Gasteiger partial charge in [-0.25, -0.2) is 14.8 Å². The number of hydrogen-bond acceptors (Lipinski definition) is 4. The Morgan fingerprint density at radius 1 is 1.38 bits per heavy atom. The van der Waals surface area contributed by atoms with E-state index in [2.05, 4.69) is 15.0 Å². The fraction of sp³-hybridized carbons (Fsp3) is 0.0909. The molecule has 0 saturated heterocycles. The lowest BCUT2D eigenvalue weighted by molar-refractivity contribution is -0.132. The van der Waals surface area contributed by atoms with E-state index in [1.807, 2.05) is 6.08 Å². The maximum Gasteiger partial charge on any atom is 0.333 e. The monoisotopic (exact) mass is 213 g/mol. The maximum absolute atomic E-state index is 10.9. The predicted molar refractivity (Wildman–Crippen MR) is 55.0 cm³/mol. The van der Waals surface area contributed by atoms with E-state index in [4.69, 9.17) is 5.11 Å². The molecule has 0 bridgehead atoms. The van der Waals surface area contributed by atoms with E-state index >= 15 is 0 Å². The molecule has 0 fully saturated rings. The standard InChI is InChI=1S/C11H7N3O2/c15-11(16)6-3-8-7-1-2-12-10(7)14-5-9(8)13-4-6/h1-2,4-5H,3H2,(H,15,16). The summed E-state index contributed by atoms with van der Waals surface area (Å²) in [7, 11) is 0. The van der Waals surface area contributed by atoms with E-state index in [-0.39, 0.29) is 0 Å². The SMILES string of the molecule is O=C(O)C1=CN=c2cnc3c(c2C1)C=CN=3. The van der Waals surface area contributed by atoms with E-state index in [0.717, 1.165) is 16.5 Å². The van der Waals surface area contributed by atoms with Crippen LogP contribution in [0.1, 0.15) is 11.1 Å². The summed E-state index contributed by atoms with van der Waals surface area (Å²) in [5, 5.41) is 9.65. The predicted octanol–water partition coefficient (Wildman–Crippen LogP) is -0.170. The molecule has 0 spiro atoms. The van der Waals surface area contributed by atoms with Crippen LogP contribution in [-0.4, -0.2) is 16.1 Å². The van der Waals surface area contributed by atoms with Gasteiger partial charge < -0.3 is 5.11 Å². The van der Waals surface area contributed by atoms with E-state index in [0.29, 0.717) is 17.5 Å². The van der Waals surface area contributed by atoms with Crippen molar-refractivity contribution in [1.82, 2.24) is 4.98 Å². The number of hydrogen-bond donors (Lipinski definition) is 1. The highest BCUT2D eigenvalue weighted by Crippen LogP contribution is 2.13. The Morgan fingerprint density at radius 2 is 2.25 bits per heavy atom. The van der Waals surface area contributed by atoms with Gasteiger partial charge in [0, 0.05) is 24.4 Å². The molecule has 1 aromatic heterocycles. The zero-order chi connectivity index (χ0) is 11.1. The molecule has 2 aliphatic heterocycles. The second kappa shape index (κ2) is 3.10. The van der Waals surface area contributed by atoms with E-state index in [1.165, 1.54) is 6.20 Å². The Bertz CT molecular complexity index is 671. The van der Waals surface area contributed by atoms with Crippen LogP contribution in [0, 0.1) is 0 Å². The fourth-order valence-electron chi connectivity index (χ4n) is 1.81. The minimum atomic E-state index is -0.932. The van der Waals surface area contributed by atoms with Crippen molar-refractivity contribution in [2.75, 3.05) is 0 Å². The van der Waals surface area contributed by atoms with E-state index in [1.54, 1.807) is 12.4 Å². The molecular formula is C11H7N3O2. The molecule has 16 heavy (non-hydrogen) atoms. The van der Waals surface area contributed by atoms with Crippen molar-refractivity contribution in [3.8, 4) is 0 Å². The molecule has 5 heteroatoms. The van der Waals surface area contributed by atoms with Gasteiger partial charge in [-0.3, -0.25) is 4.99 Å². The number of aliphatic carboxylic acids is 1. The van der Waals surface area contributed by atoms with Crippen LogP contribution < -0.4 is 10.8 Å². The molecule has 2 aliphatic rings. The van der Waals surface area contributed by atoms with Gasteiger partial charge in [0.05, 0.1) is 17.1 Å². The summed E-state index contributed by atoms with van der Waals surface area (Å²) in [5.74, 6) is -0.932. The van der Waals surface area contributed by atoms with Gasteiger partial charge >= 0.3 is 5.97 Å². The lowest BCUT2D eigenvalue weighted by Crippen LogP contribution is -2.25. The first kappa shape index (κ1) is 8.96. The average Bonchev–Trinajstić information content (AvgIpc) is 2.76. The number of rotatable bonds is 1. The van der Waals surface area contributed by atoms with E-state index in [9.17, 15) is 4.79 Å². The van der Waals surface area contributed by atoms with Crippen LogP contribution >= 0.6 is 0 Å². The number of aromatic nitrogens is 1. The number of carboxylic acid groups (broad SMARTS) is 1. The highest BCUT2D eigenvalue weighted by atomic mass is 16.4. The fourth-order valence-corrected chi connectivity index (χ4v) is 1.81. The first-order valence-corrected chi connectivity index (χ1v) is 4.78. The minimum absolute atomic E-state index is 0.293. The third-order valence-electron chi connectivity index (χ3n) is 2.62. The molecule has 0 radical (unpaired) electrons. The van der Waals surface area contributed by atoms with Gasteiger partial charge in [0.2, 0.25) is 0 Å². The zero-order valence-corrected chi connectivity index (χ0v) is 8.21. The third kappa shape index (κ3) is 1.18. The van der Waals surface area contributed by atoms with Gasteiger partial charge in [-0.1, -0.05) is 0 Å². The summed E-state index contributed by atoms with van der Waals surface area (Å²) in [6.45, 7) is 0. The molecule has 1 N–H and O–H groups in total. The molecule has 5 nitrogen and oxygen atoms in total. The summed E-state index contributed by atoms with van der Waals surface area (Å²) in [5.41, 5.74) is 2.71. The number of carbonyl (C=O) groups is 1. The van der Waals surface area contributed by atoms with Crippen LogP contribution in [0.5, 0.6) is 0 Å². The second-order valence-electron chi connectivity index (χ2n) is 3.57. The molecule has 78 valence electrons. The quantitative estimate of drug-likeness (QED) is 0.703. The van der Waals surface area contributed by atoms with Crippen LogP contribution in [0.25, 0.3) is 6.08 Å². The molecule has 3 heterocycles. The number of carboxylic acids is 1. The molecule has 0 unspecified atom stereocenters. The lowest BCUT2D eigenvalue weighted by Gasteiger charge is -2.09. The van der Waals surface area contributed by atoms with Gasteiger partial charge in [0.15, 0.2) is 5.49 Å². The molecule has 0 aromatic carbocycles. The average molecular weight is 213 g/mol. The molecule has 0 atom stereocenters. The molecule has 0 saturated carbocycles. The van der Waals surface area contributed by atoms with Crippen LogP contribution in [-0.2, 0) is 11.2 Å². The Balaban J connectivity index is 2.25. The lowest BCUT2D eigenvalue weighted by atomic mass is 10.00. The summed E-state index contributed by atoms with van der Waals surface area (Å²) >= 11 is 0. The first-order chi connectivity index (χ1) is 7.75. The van der Waals surface area contributed by atoms with Crippen LogP contribution in [0.15, 0.2) is 34.2 Å². The summed E-state index contributed by atoms with van der Waals surface area (Å²) < 4.78 is 0. The van der Waals surface area contributed by atoms with Gasteiger partial charge in [-0.15, -0.1) is 0 Å². The smallest absolute Gasteiger partial charge is 0.333 e. The molecule has 0 amide bonds. The van der Waals surface area contributed by atoms with Crippen molar-refractivity contribution in [3.63, 3.8) is 0 Å². The Morgan fingerprint density at radius 3 is 3.06 bits per heavy atom. The molecule has 1 aromatic rings. The molecule has 3 rings (SSSR count). The van der Waals surface area contributed by atoms with Crippen molar-refractivity contribution < 1.29 is 9.90 Å². The third-order valence-corrected chi connectivity index (χ3v) is 2.62. The molecular weight excluding hydrogens is 206 g/mol. The number of pyridine rings is 1. The van der Waals surface area contributed by atoms with Crippen molar-refractivity contribution in [3.05, 3.63) is 46.1 Å². The Labute approximate surface area is 90.2 Å².